The predicted octanol–water partition coefficient (Wildman–Crippen LogP) is 4.24. The summed E-state index contributed by atoms with van der Waals surface area (Å²) in [5.74, 6) is 1.24. The maximum Gasteiger partial charge on any atom is 0.225 e. The summed E-state index contributed by atoms with van der Waals surface area (Å²) in [6.45, 7) is 1.93. The van der Waals surface area contributed by atoms with E-state index < -0.39 is 0 Å². The summed E-state index contributed by atoms with van der Waals surface area (Å²) >= 11 is 0. The van der Waals surface area contributed by atoms with Crippen LogP contribution < -0.4 is 15.4 Å². The fourth-order valence-electron chi connectivity index (χ4n) is 3.63. The lowest BCUT2D eigenvalue weighted by Crippen LogP contribution is -2.25. The smallest absolute Gasteiger partial charge is 0.225 e. The van der Waals surface area contributed by atoms with Crippen LogP contribution in [-0.4, -0.2) is 34.7 Å². The molecule has 1 aliphatic rings. The van der Waals surface area contributed by atoms with E-state index >= 15 is 0 Å². The molecule has 3 aromatic rings. The Morgan fingerprint density at radius 3 is 2.38 bits per heavy atom. The molecule has 1 heterocycles. The molecule has 1 aliphatic carbocycles. The minimum absolute atomic E-state index is 0.0180. The number of hydrogen-bond donors (Lipinski definition) is 2. The van der Waals surface area contributed by atoms with Crippen molar-refractivity contribution in [3.8, 4) is 22.6 Å². The molecule has 2 amide bonds. The molecule has 0 atom stereocenters. The third kappa shape index (κ3) is 5.17. The molecule has 2 aromatic carbocycles. The molecular weight excluding hydrogens is 404 g/mol. The van der Waals surface area contributed by atoms with Crippen LogP contribution in [0.1, 0.15) is 37.8 Å². The first-order chi connectivity index (χ1) is 15.5. The van der Waals surface area contributed by atoms with Gasteiger partial charge in [-0.05, 0) is 56.0 Å². The van der Waals surface area contributed by atoms with Gasteiger partial charge in [0, 0.05) is 24.4 Å². The van der Waals surface area contributed by atoms with Gasteiger partial charge in [0.25, 0.3) is 0 Å². The first-order valence-corrected chi connectivity index (χ1v) is 10.9. The number of amides is 2. The number of hydrogen-bond acceptors (Lipinski definition) is 4. The Morgan fingerprint density at radius 1 is 1.03 bits per heavy atom. The van der Waals surface area contributed by atoms with E-state index in [4.69, 9.17) is 9.84 Å². The number of nitrogens with zero attached hydrogens (tertiary/aromatic N) is 2. The fraction of sp³-hybridized carbons (Fsp3) is 0.320. The summed E-state index contributed by atoms with van der Waals surface area (Å²) < 4.78 is 7.00. The summed E-state index contributed by atoms with van der Waals surface area (Å²) in [5.41, 5.74) is 3.48. The zero-order chi connectivity index (χ0) is 22.5. The normalized spacial score (nSPS) is 12.9. The first-order valence-electron chi connectivity index (χ1n) is 10.9. The Morgan fingerprint density at radius 2 is 1.72 bits per heavy atom. The van der Waals surface area contributed by atoms with Crippen molar-refractivity contribution >= 4 is 17.6 Å². The van der Waals surface area contributed by atoms with Crippen molar-refractivity contribution in [2.24, 2.45) is 0 Å². The van der Waals surface area contributed by atoms with E-state index in [0.29, 0.717) is 24.7 Å². The molecule has 1 fully saturated rings. The number of ether oxygens (including phenoxy) is 1. The second-order valence-corrected chi connectivity index (χ2v) is 8.03. The van der Waals surface area contributed by atoms with Crippen molar-refractivity contribution in [1.82, 2.24) is 15.1 Å². The van der Waals surface area contributed by atoms with Gasteiger partial charge in [-0.2, -0.15) is 5.10 Å². The number of aromatic nitrogens is 2. The van der Waals surface area contributed by atoms with Gasteiger partial charge in [-0.1, -0.05) is 30.3 Å². The SMILES string of the molecule is COc1ccc(-n2nc(C)c(-c3ccccc3)c2NC(=O)CCCC(=O)NC2CC2)cc1. The molecule has 0 saturated heterocycles. The van der Waals surface area contributed by atoms with Crippen LogP contribution in [-0.2, 0) is 9.59 Å². The fourth-order valence-corrected chi connectivity index (χ4v) is 3.63. The number of methoxy groups -OCH3 is 1. The largest absolute Gasteiger partial charge is 0.497 e. The van der Waals surface area contributed by atoms with Crippen LogP contribution >= 0.6 is 0 Å². The van der Waals surface area contributed by atoms with Gasteiger partial charge in [0.2, 0.25) is 11.8 Å². The number of nitrogens with one attached hydrogen (secondary N) is 2. The molecule has 0 spiro atoms. The number of carbonyl (C=O) groups is 2. The molecule has 0 bridgehead atoms. The summed E-state index contributed by atoms with van der Waals surface area (Å²) in [6, 6.07) is 17.7. The second kappa shape index (κ2) is 9.68. The van der Waals surface area contributed by atoms with Gasteiger partial charge < -0.3 is 15.4 Å². The lowest BCUT2D eigenvalue weighted by molar-refractivity contribution is -0.121. The van der Waals surface area contributed by atoms with Gasteiger partial charge >= 0.3 is 0 Å². The molecule has 166 valence electrons. The lowest BCUT2D eigenvalue weighted by atomic mass is 10.1. The van der Waals surface area contributed by atoms with E-state index in [9.17, 15) is 9.59 Å². The van der Waals surface area contributed by atoms with E-state index in [1.54, 1.807) is 11.8 Å². The standard InChI is InChI=1S/C25H28N4O3/c1-17-24(18-7-4-3-5-8-18)25(29(28-17)20-13-15-21(32-2)16-14-20)27-23(31)10-6-9-22(30)26-19-11-12-19/h3-5,7-8,13-16,19H,6,9-12H2,1-2H3,(H,26,30)(H,27,31). The first kappa shape index (κ1) is 21.6. The molecule has 0 radical (unpaired) electrons. The Hall–Kier alpha value is -3.61. The monoisotopic (exact) mass is 432 g/mol. The topological polar surface area (TPSA) is 85.2 Å². The highest BCUT2D eigenvalue weighted by Crippen LogP contribution is 2.34. The Kier molecular flexibility index (Phi) is 6.54. The summed E-state index contributed by atoms with van der Waals surface area (Å²) in [5, 5.41) is 10.7. The van der Waals surface area contributed by atoms with Crippen molar-refractivity contribution in [3.05, 3.63) is 60.3 Å². The van der Waals surface area contributed by atoms with Crippen molar-refractivity contribution < 1.29 is 14.3 Å². The number of aryl methyl sites for hydroxylation is 1. The second-order valence-electron chi connectivity index (χ2n) is 8.03. The van der Waals surface area contributed by atoms with E-state index in [2.05, 4.69) is 10.6 Å². The average Bonchev–Trinajstić information content (AvgIpc) is 3.55. The van der Waals surface area contributed by atoms with Gasteiger partial charge in [-0.3, -0.25) is 9.59 Å². The third-order valence-electron chi connectivity index (χ3n) is 5.45. The summed E-state index contributed by atoms with van der Waals surface area (Å²) in [6.07, 6.45) is 3.23. The van der Waals surface area contributed by atoms with E-state index in [-0.39, 0.29) is 18.2 Å². The van der Waals surface area contributed by atoms with Crippen LogP contribution in [0.15, 0.2) is 54.6 Å². The van der Waals surface area contributed by atoms with Crippen LogP contribution in [0.2, 0.25) is 0 Å². The van der Waals surface area contributed by atoms with Crippen LogP contribution in [0.4, 0.5) is 5.82 Å². The van der Waals surface area contributed by atoms with E-state index in [1.165, 1.54) is 0 Å². The summed E-state index contributed by atoms with van der Waals surface area (Å²) in [7, 11) is 1.62. The molecule has 7 heteroatoms. The van der Waals surface area contributed by atoms with Crippen molar-refractivity contribution in [2.75, 3.05) is 12.4 Å². The zero-order valence-electron chi connectivity index (χ0n) is 18.4. The maximum absolute atomic E-state index is 12.8. The quantitative estimate of drug-likeness (QED) is 0.530. The summed E-state index contributed by atoms with van der Waals surface area (Å²) in [4.78, 5) is 24.7. The van der Waals surface area contributed by atoms with E-state index in [1.807, 2.05) is 61.5 Å². The van der Waals surface area contributed by atoms with Crippen LogP contribution in [0, 0.1) is 6.92 Å². The zero-order valence-corrected chi connectivity index (χ0v) is 18.4. The molecule has 32 heavy (non-hydrogen) atoms. The number of anilines is 1. The average molecular weight is 433 g/mol. The number of rotatable bonds is 9. The van der Waals surface area contributed by atoms with Crippen LogP contribution in [0.5, 0.6) is 5.75 Å². The minimum Gasteiger partial charge on any atom is -0.497 e. The van der Waals surface area contributed by atoms with Gasteiger partial charge in [0.15, 0.2) is 0 Å². The van der Waals surface area contributed by atoms with Crippen LogP contribution in [0.3, 0.4) is 0 Å². The highest BCUT2D eigenvalue weighted by Gasteiger charge is 2.23. The molecule has 2 N–H and O–H groups in total. The lowest BCUT2D eigenvalue weighted by Gasteiger charge is -2.12. The maximum atomic E-state index is 12.8. The van der Waals surface area contributed by atoms with E-state index in [0.717, 1.165) is 41.1 Å². The van der Waals surface area contributed by atoms with Gasteiger partial charge in [0.1, 0.15) is 11.6 Å². The minimum atomic E-state index is -0.143. The Balaban J connectivity index is 1.56. The van der Waals surface area contributed by atoms with Gasteiger partial charge in [-0.15, -0.1) is 0 Å². The highest BCUT2D eigenvalue weighted by atomic mass is 16.5. The Bertz CT molecular complexity index is 1090. The Labute approximate surface area is 187 Å². The van der Waals surface area contributed by atoms with Gasteiger partial charge in [-0.25, -0.2) is 4.68 Å². The number of benzene rings is 2. The molecule has 7 nitrogen and oxygen atoms in total. The van der Waals surface area contributed by atoms with Gasteiger partial charge in [0.05, 0.1) is 18.5 Å². The highest BCUT2D eigenvalue weighted by molar-refractivity contribution is 5.95. The predicted molar refractivity (Wildman–Crippen MR) is 124 cm³/mol. The molecule has 4 rings (SSSR count). The van der Waals surface area contributed by atoms with Crippen molar-refractivity contribution in [3.63, 3.8) is 0 Å². The molecule has 1 aromatic heterocycles. The number of carbonyl (C=O) groups excluding carboxylic acids is 2. The van der Waals surface area contributed by atoms with Crippen molar-refractivity contribution in [2.45, 2.75) is 45.1 Å². The molecule has 0 unspecified atom stereocenters. The molecular formula is C25H28N4O3. The molecule has 0 aliphatic heterocycles. The van der Waals surface area contributed by atoms with Crippen LogP contribution in [0.25, 0.3) is 16.8 Å². The van der Waals surface area contributed by atoms with Crippen molar-refractivity contribution in [1.29, 1.82) is 0 Å². The molecule has 1 saturated carbocycles. The third-order valence-corrected chi connectivity index (χ3v) is 5.45.